The minimum absolute atomic E-state index is 0.378. The van der Waals surface area contributed by atoms with Crippen LogP contribution in [0, 0.1) is 71.0 Å². The molecule has 0 radical (unpaired) electrons. The first kappa shape index (κ1) is 47.5. The fourth-order valence-electron chi connectivity index (χ4n) is 18.5. The summed E-state index contributed by atoms with van der Waals surface area (Å²) in [6.07, 6.45) is 12.1. The Kier molecular flexibility index (Phi) is 10.8. The molecule has 16 rings (SSSR count). The number of allylic oxidation sites excluding steroid dienone is 1. The van der Waals surface area contributed by atoms with Gasteiger partial charge in [0.1, 0.15) is 6.29 Å². The van der Waals surface area contributed by atoms with Crippen molar-refractivity contribution in [2.45, 2.75) is 71.3 Å². The van der Waals surface area contributed by atoms with E-state index in [9.17, 15) is 14.4 Å². The quantitative estimate of drug-likeness (QED) is 0.0441. The highest BCUT2D eigenvalue weighted by molar-refractivity contribution is 6.12. The van der Waals surface area contributed by atoms with E-state index in [1.165, 1.54) is 58.3 Å². The molecule has 0 N–H and O–H groups in total. The summed E-state index contributed by atoms with van der Waals surface area (Å²) in [6.45, 7) is 3.09. The molecule has 0 amide bonds. The molecule has 0 spiro atoms. The first-order valence-electron chi connectivity index (χ1n) is 29.7. The first-order valence-corrected chi connectivity index (χ1v) is 29.7. The molecule has 8 aliphatic rings. The van der Waals surface area contributed by atoms with Gasteiger partial charge in [0.2, 0.25) is 0 Å². The average molecular weight is 1040 g/mol. The summed E-state index contributed by atoms with van der Waals surface area (Å²) in [5.74, 6) is 10.4. The largest absolute Gasteiger partial charge is 0.465 e. The molecule has 12 unspecified atom stereocenters. The Morgan fingerprint density at radius 3 is 1.68 bits per heavy atom. The van der Waals surface area contributed by atoms with Crippen LogP contribution in [0.2, 0.25) is 0 Å². The number of benzene rings is 7. The van der Waals surface area contributed by atoms with Gasteiger partial charge in [-0.25, -0.2) is 9.59 Å². The van der Waals surface area contributed by atoms with E-state index < -0.39 is 11.9 Å². The number of unbranched alkanes of at least 4 members (excludes halogenated alkanes) is 5. The Bertz CT molecular complexity index is 3860. The standard InChI is InChI=1S/C72H66N2O5/c1-4-5-6-7-8-15-30-73-59-33-41(22-26-47(59)48-27-23-44(34-60(48)73)74(42-16-11-9-12-17-42)43-18-13-10-14-19-43)52-36-55(71(76)78-2)51(35-56(52)72(77)79-3)40-21-25-46-45-24-20-39(38-75)31-53(45)61(54(46)32-40)57-37-58-62(57)66-65(58)69-67-63-49-28-29-50(49)64(63)68(67)70(66)69/h9-14,16-27,31-36,38,49-50,58,62-70H,4-8,15,28-30,37H2,1-3H3/b61-57-. The molecule has 7 heteroatoms. The summed E-state index contributed by atoms with van der Waals surface area (Å²) in [5.41, 5.74) is 17.2. The molecule has 1 heterocycles. The number of esters is 2. The van der Waals surface area contributed by atoms with E-state index in [0.717, 1.165) is 169 Å². The van der Waals surface area contributed by atoms with Crippen LogP contribution in [0.25, 0.3) is 60.8 Å². The number of aromatic nitrogens is 1. The number of ether oxygens (including phenoxy) is 2. The molecule has 7 nitrogen and oxygen atoms in total. The van der Waals surface area contributed by atoms with E-state index in [1.54, 1.807) is 5.57 Å². The molecule has 12 atom stereocenters. The maximum atomic E-state index is 14.3. The van der Waals surface area contributed by atoms with Gasteiger partial charge in [-0.05, 0) is 214 Å². The summed E-state index contributed by atoms with van der Waals surface area (Å²) < 4.78 is 13.7. The normalized spacial score (nSPS) is 28.1. The fraction of sp³-hybridized carbons (Fsp3) is 0.347. The van der Waals surface area contributed by atoms with Crippen molar-refractivity contribution in [2.24, 2.45) is 71.0 Å². The summed E-state index contributed by atoms with van der Waals surface area (Å²) in [7, 11) is 2.86. The lowest BCUT2D eigenvalue weighted by molar-refractivity contribution is -0.434. The lowest BCUT2D eigenvalue weighted by Gasteiger charge is -2.91. The zero-order valence-electron chi connectivity index (χ0n) is 45.4. The van der Waals surface area contributed by atoms with Crippen molar-refractivity contribution < 1.29 is 23.9 Å². The van der Waals surface area contributed by atoms with Crippen molar-refractivity contribution in [3.05, 3.63) is 179 Å². The van der Waals surface area contributed by atoms with Crippen LogP contribution in [0.15, 0.2) is 151 Å². The highest BCUT2D eigenvalue weighted by atomic mass is 16.5. The second-order valence-corrected chi connectivity index (χ2v) is 24.8. The molecule has 7 fully saturated rings. The highest BCUT2D eigenvalue weighted by Crippen LogP contribution is 2.91. The topological polar surface area (TPSA) is 77.8 Å². The van der Waals surface area contributed by atoms with Crippen LogP contribution in [0.5, 0.6) is 0 Å². The first-order chi connectivity index (χ1) is 38.9. The Balaban J connectivity index is 0.800. The molecule has 7 aromatic carbocycles. The minimum atomic E-state index is -0.477. The Hall–Kier alpha value is -7.51. The Morgan fingerprint density at radius 1 is 0.519 bits per heavy atom. The van der Waals surface area contributed by atoms with Crippen molar-refractivity contribution >= 4 is 62.7 Å². The molecule has 394 valence electrons. The van der Waals surface area contributed by atoms with Gasteiger partial charge in [-0.15, -0.1) is 0 Å². The molecule has 0 aliphatic heterocycles. The highest BCUT2D eigenvalue weighted by Gasteiger charge is 2.87. The van der Waals surface area contributed by atoms with Gasteiger partial charge in [-0.3, -0.25) is 4.79 Å². The van der Waals surface area contributed by atoms with Crippen LogP contribution in [0.4, 0.5) is 17.1 Å². The number of carbonyl (C=O) groups excluding carboxylic acids is 3. The number of aryl methyl sites for hydroxylation is 1. The van der Waals surface area contributed by atoms with Gasteiger partial charge >= 0.3 is 11.9 Å². The Labute approximate surface area is 462 Å². The SMILES string of the molecule is CCCCCCCCn1c2cc(-c3cc(C(=O)OC)c(-c4ccc5c(c4)/C(=C4/CC6C4C4C6C6C7C8C9CCC9C8C7C46)c4cc(C=O)ccc4-5)cc3C(=O)OC)ccc2c2ccc(N(c3ccccc3)c3ccccc3)cc21. The van der Waals surface area contributed by atoms with Gasteiger partial charge in [0.25, 0.3) is 0 Å². The fourth-order valence-corrected chi connectivity index (χ4v) is 18.5. The van der Waals surface area contributed by atoms with E-state index in [2.05, 4.69) is 144 Å². The number of fused-ring (bicyclic) bond motifs is 22. The Morgan fingerprint density at radius 2 is 1.06 bits per heavy atom. The third kappa shape index (κ3) is 6.62. The molecule has 1 aromatic heterocycles. The van der Waals surface area contributed by atoms with E-state index in [1.807, 2.05) is 18.2 Å². The number of nitrogens with zero attached hydrogens (tertiary/aromatic N) is 2. The second-order valence-electron chi connectivity index (χ2n) is 24.8. The van der Waals surface area contributed by atoms with E-state index in [4.69, 9.17) is 9.47 Å². The van der Waals surface area contributed by atoms with Gasteiger partial charge in [0.15, 0.2) is 0 Å². The monoisotopic (exact) mass is 1040 g/mol. The summed E-state index contributed by atoms with van der Waals surface area (Å²) in [5, 5.41) is 2.29. The van der Waals surface area contributed by atoms with Crippen molar-refractivity contribution in [3.8, 4) is 33.4 Å². The third-order valence-corrected chi connectivity index (χ3v) is 21.9. The maximum absolute atomic E-state index is 14.3. The summed E-state index contributed by atoms with van der Waals surface area (Å²) >= 11 is 0. The van der Waals surface area contributed by atoms with E-state index >= 15 is 0 Å². The van der Waals surface area contributed by atoms with Gasteiger partial charge in [-0.1, -0.05) is 123 Å². The molecule has 7 saturated carbocycles. The summed E-state index contributed by atoms with van der Waals surface area (Å²) in [4.78, 5) is 43.3. The smallest absolute Gasteiger partial charge is 0.338 e. The van der Waals surface area contributed by atoms with Crippen LogP contribution in [0.3, 0.4) is 0 Å². The van der Waals surface area contributed by atoms with E-state index in [0.29, 0.717) is 33.7 Å². The zero-order valence-corrected chi connectivity index (χ0v) is 45.4. The van der Waals surface area contributed by atoms with Crippen molar-refractivity contribution in [2.75, 3.05) is 19.1 Å². The average Bonchev–Trinajstić information content (AvgIpc) is 1.06. The van der Waals surface area contributed by atoms with Crippen LogP contribution in [0.1, 0.15) is 107 Å². The number of anilines is 3. The number of methoxy groups -OCH3 is 2. The maximum Gasteiger partial charge on any atom is 0.338 e. The number of aldehydes is 1. The third-order valence-electron chi connectivity index (χ3n) is 21.9. The molecule has 0 bridgehead atoms. The second kappa shape index (κ2) is 18.0. The predicted octanol–water partition coefficient (Wildman–Crippen LogP) is 16.8. The van der Waals surface area contributed by atoms with Gasteiger partial charge in [0.05, 0.1) is 30.9 Å². The molecular formula is C72H66N2O5. The van der Waals surface area contributed by atoms with Crippen molar-refractivity contribution in [1.29, 1.82) is 0 Å². The number of para-hydroxylation sites is 2. The van der Waals surface area contributed by atoms with Crippen molar-refractivity contribution in [1.82, 2.24) is 4.57 Å². The number of hydrogen-bond donors (Lipinski definition) is 0. The molecule has 8 aromatic rings. The molecule has 0 saturated heterocycles. The van der Waals surface area contributed by atoms with Crippen LogP contribution in [-0.2, 0) is 16.0 Å². The van der Waals surface area contributed by atoms with Gasteiger partial charge in [0, 0.05) is 45.5 Å². The van der Waals surface area contributed by atoms with Crippen LogP contribution in [-0.4, -0.2) is 37.0 Å². The minimum Gasteiger partial charge on any atom is -0.465 e. The number of hydrogen-bond acceptors (Lipinski definition) is 6. The lowest BCUT2D eigenvalue weighted by Crippen LogP contribution is -2.87. The summed E-state index contributed by atoms with van der Waals surface area (Å²) in [6, 6.07) is 50.7. The van der Waals surface area contributed by atoms with Crippen molar-refractivity contribution in [3.63, 3.8) is 0 Å². The van der Waals surface area contributed by atoms with Crippen LogP contribution < -0.4 is 4.90 Å². The predicted molar refractivity (Wildman–Crippen MR) is 314 cm³/mol. The lowest BCUT2D eigenvalue weighted by atomic mass is 9.13. The van der Waals surface area contributed by atoms with E-state index in [-0.39, 0.29) is 0 Å². The van der Waals surface area contributed by atoms with Gasteiger partial charge in [-0.2, -0.15) is 0 Å². The van der Waals surface area contributed by atoms with Gasteiger partial charge < -0.3 is 18.9 Å². The van der Waals surface area contributed by atoms with Crippen LogP contribution >= 0.6 is 0 Å². The molecule has 79 heavy (non-hydrogen) atoms. The zero-order chi connectivity index (χ0) is 52.9. The number of carbonyl (C=O) groups is 3. The number of rotatable bonds is 15. The molecular weight excluding hydrogens is 973 g/mol. The molecule has 8 aliphatic carbocycles.